The summed E-state index contributed by atoms with van der Waals surface area (Å²) in [6.07, 6.45) is 2.28. The predicted octanol–water partition coefficient (Wildman–Crippen LogP) is 2.10. The van der Waals surface area contributed by atoms with Crippen molar-refractivity contribution in [1.82, 2.24) is 9.97 Å². The highest BCUT2D eigenvalue weighted by molar-refractivity contribution is 9.10. The van der Waals surface area contributed by atoms with Gasteiger partial charge < -0.3 is 19.5 Å². The van der Waals surface area contributed by atoms with Crippen LogP contribution in [-0.2, 0) is 9.47 Å². The Morgan fingerprint density at radius 3 is 2.79 bits per heavy atom. The largest absolute Gasteiger partial charge is 0.477 e. The lowest BCUT2D eigenvalue weighted by molar-refractivity contribution is 0.0641. The Labute approximate surface area is 122 Å². The zero-order valence-corrected chi connectivity index (χ0v) is 12.9. The molecule has 1 heterocycles. The average Bonchev–Trinajstić information content (AvgIpc) is 2.42. The molecule has 19 heavy (non-hydrogen) atoms. The minimum atomic E-state index is 0.544. The van der Waals surface area contributed by atoms with Crippen LogP contribution in [0.5, 0.6) is 5.88 Å². The van der Waals surface area contributed by atoms with Gasteiger partial charge in [0.15, 0.2) is 0 Å². The van der Waals surface area contributed by atoms with Gasteiger partial charge in [-0.15, -0.1) is 0 Å². The second-order valence-corrected chi connectivity index (χ2v) is 4.47. The van der Waals surface area contributed by atoms with Gasteiger partial charge in [-0.25, -0.2) is 9.97 Å². The quantitative estimate of drug-likeness (QED) is 0.661. The molecule has 0 atom stereocenters. The van der Waals surface area contributed by atoms with Gasteiger partial charge in [-0.3, -0.25) is 0 Å². The molecular weight excluding hydrogens is 314 g/mol. The van der Waals surface area contributed by atoms with Crippen LogP contribution in [0.25, 0.3) is 0 Å². The normalized spacial score (nSPS) is 10.5. The topological polar surface area (TPSA) is 65.5 Å². The standard InChI is InChI=1S/C12H20BrN3O3/c1-3-14-11-10(13)12(16-9-15-11)19-6-4-5-18-8-7-17-2/h9H,3-8H2,1-2H3,(H,14,15,16). The molecule has 0 unspecified atom stereocenters. The number of methoxy groups -OCH3 is 1. The van der Waals surface area contributed by atoms with E-state index < -0.39 is 0 Å². The maximum absolute atomic E-state index is 5.58. The van der Waals surface area contributed by atoms with Gasteiger partial charge in [-0.2, -0.15) is 0 Å². The number of halogens is 1. The molecule has 0 saturated carbocycles. The Balaban J connectivity index is 2.27. The van der Waals surface area contributed by atoms with Crippen LogP contribution >= 0.6 is 15.9 Å². The van der Waals surface area contributed by atoms with E-state index in [9.17, 15) is 0 Å². The Kier molecular flexibility index (Phi) is 8.44. The average molecular weight is 334 g/mol. The van der Waals surface area contributed by atoms with Crippen LogP contribution in [0.2, 0.25) is 0 Å². The highest BCUT2D eigenvalue weighted by atomic mass is 79.9. The van der Waals surface area contributed by atoms with E-state index in [1.807, 2.05) is 6.92 Å². The van der Waals surface area contributed by atoms with E-state index in [1.165, 1.54) is 6.33 Å². The van der Waals surface area contributed by atoms with E-state index in [0.29, 0.717) is 32.3 Å². The second-order valence-electron chi connectivity index (χ2n) is 3.68. The van der Waals surface area contributed by atoms with E-state index in [1.54, 1.807) is 7.11 Å². The molecule has 1 aromatic rings. The Bertz CT molecular complexity index is 366. The van der Waals surface area contributed by atoms with Crippen LogP contribution in [0, 0.1) is 0 Å². The third kappa shape index (κ3) is 6.17. The van der Waals surface area contributed by atoms with Crippen molar-refractivity contribution in [2.24, 2.45) is 0 Å². The monoisotopic (exact) mass is 333 g/mol. The summed E-state index contributed by atoms with van der Waals surface area (Å²) in [5, 5.41) is 3.12. The zero-order valence-electron chi connectivity index (χ0n) is 11.3. The summed E-state index contributed by atoms with van der Waals surface area (Å²) < 4.78 is 16.6. The lowest BCUT2D eigenvalue weighted by Crippen LogP contribution is -2.08. The van der Waals surface area contributed by atoms with Crippen LogP contribution in [0.4, 0.5) is 5.82 Å². The summed E-state index contributed by atoms with van der Waals surface area (Å²) in [6.45, 7) is 5.22. The summed E-state index contributed by atoms with van der Waals surface area (Å²) in [4.78, 5) is 8.21. The number of nitrogens with zero attached hydrogens (tertiary/aromatic N) is 2. The van der Waals surface area contributed by atoms with Gasteiger partial charge in [0.25, 0.3) is 0 Å². The van der Waals surface area contributed by atoms with Crippen molar-refractivity contribution >= 4 is 21.7 Å². The van der Waals surface area contributed by atoms with E-state index >= 15 is 0 Å². The molecule has 6 nitrogen and oxygen atoms in total. The molecule has 0 radical (unpaired) electrons. The highest BCUT2D eigenvalue weighted by Crippen LogP contribution is 2.28. The molecule has 0 amide bonds. The first-order valence-corrected chi connectivity index (χ1v) is 7.02. The lowest BCUT2D eigenvalue weighted by atomic mass is 10.5. The van der Waals surface area contributed by atoms with E-state index in [4.69, 9.17) is 14.2 Å². The number of rotatable bonds is 10. The first-order chi connectivity index (χ1) is 9.29. The molecule has 0 spiro atoms. The first-order valence-electron chi connectivity index (χ1n) is 6.23. The summed E-state index contributed by atoms with van der Waals surface area (Å²) in [5.74, 6) is 1.28. The smallest absolute Gasteiger partial charge is 0.233 e. The maximum atomic E-state index is 5.58. The van der Waals surface area contributed by atoms with E-state index in [0.717, 1.165) is 23.3 Å². The minimum Gasteiger partial charge on any atom is -0.477 e. The van der Waals surface area contributed by atoms with Crippen molar-refractivity contribution in [3.63, 3.8) is 0 Å². The van der Waals surface area contributed by atoms with Gasteiger partial charge >= 0.3 is 0 Å². The molecule has 108 valence electrons. The van der Waals surface area contributed by atoms with Gasteiger partial charge in [-0.1, -0.05) is 0 Å². The van der Waals surface area contributed by atoms with Crippen LogP contribution in [0.3, 0.4) is 0 Å². The highest BCUT2D eigenvalue weighted by Gasteiger charge is 2.08. The minimum absolute atomic E-state index is 0.544. The zero-order chi connectivity index (χ0) is 13.9. The van der Waals surface area contributed by atoms with Gasteiger partial charge in [0.1, 0.15) is 16.6 Å². The van der Waals surface area contributed by atoms with Crippen molar-refractivity contribution in [2.75, 3.05) is 45.4 Å². The first kappa shape index (κ1) is 16.1. The van der Waals surface area contributed by atoms with Crippen molar-refractivity contribution in [3.05, 3.63) is 10.8 Å². The molecule has 0 aliphatic rings. The van der Waals surface area contributed by atoms with Crippen molar-refractivity contribution in [3.8, 4) is 5.88 Å². The summed E-state index contributed by atoms with van der Waals surface area (Å²) in [6, 6.07) is 0. The molecule has 0 aliphatic heterocycles. The molecule has 1 N–H and O–H groups in total. The van der Waals surface area contributed by atoms with Gasteiger partial charge in [0.2, 0.25) is 5.88 Å². The van der Waals surface area contributed by atoms with Crippen molar-refractivity contribution in [2.45, 2.75) is 13.3 Å². The van der Waals surface area contributed by atoms with Crippen LogP contribution in [0.1, 0.15) is 13.3 Å². The molecule has 0 aliphatic carbocycles. The summed E-state index contributed by atoms with van der Waals surface area (Å²) in [5.41, 5.74) is 0. The third-order valence-electron chi connectivity index (χ3n) is 2.21. The van der Waals surface area contributed by atoms with E-state index in [-0.39, 0.29) is 0 Å². The molecule has 1 aromatic heterocycles. The number of aromatic nitrogens is 2. The Morgan fingerprint density at radius 2 is 2.05 bits per heavy atom. The lowest BCUT2D eigenvalue weighted by Gasteiger charge is -2.10. The number of anilines is 1. The molecular formula is C12H20BrN3O3. The molecule has 7 heteroatoms. The summed E-state index contributed by atoms with van der Waals surface area (Å²) >= 11 is 3.43. The van der Waals surface area contributed by atoms with Gasteiger partial charge in [0.05, 0.1) is 19.8 Å². The SMILES string of the molecule is CCNc1ncnc(OCCCOCCOC)c1Br. The van der Waals surface area contributed by atoms with Crippen LogP contribution in [-0.4, -0.2) is 50.1 Å². The van der Waals surface area contributed by atoms with Gasteiger partial charge in [0, 0.05) is 26.7 Å². The summed E-state index contributed by atoms with van der Waals surface area (Å²) in [7, 11) is 1.65. The third-order valence-corrected chi connectivity index (χ3v) is 2.92. The number of hydrogen-bond donors (Lipinski definition) is 1. The van der Waals surface area contributed by atoms with E-state index in [2.05, 4.69) is 31.2 Å². The van der Waals surface area contributed by atoms with Crippen LogP contribution < -0.4 is 10.1 Å². The molecule has 0 aromatic carbocycles. The number of ether oxygens (including phenoxy) is 3. The number of nitrogens with one attached hydrogen (secondary N) is 1. The van der Waals surface area contributed by atoms with Crippen molar-refractivity contribution in [1.29, 1.82) is 0 Å². The fourth-order valence-corrected chi connectivity index (χ4v) is 1.78. The van der Waals surface area contributed by atoms with Gasteiger partial charge in [-0.05, 0) is 22.9 Å². The molecule has 0 bridgehead atoms. The van der Waals surface area contributed by atoms with Crippen LogP contribution in [0.15, 0.2) is 10.8 Å². The number of hydrogen-bond acceptors (Lipinski definition) is 6. The Hall–Kier alpha value is -0.920. The van der Waals surface area contributed by atoms with Crippen molar-refractivity contribution < 1.29 is 14.2 Å². The fourth-order valence-electron chi connectivity index (χ4n) is 1.32. The fraction of sp³-hybridized carbons (Fsp3) is 0.667. The molecule has 1 rings (SSSR count). The molecule has 0 fully saturated rings. The second kappa shape index (κ2) is 9.94. The maximum Gasteiger partial charge on any atom is 0.233 e. The molecule has 0 saturated heterocycles. The Morgan fingerprint density at radius 1 is 1.21 bits per heavy atom. The predicted molar refractivity (Wildman–Crippen MR) is 76.7 cm³/mol.